The lowest BCUT2D eigenvalue weighted by atomic mass is 10.3. The Labute approximate surface area is 138 Å². The van der Waals surface area contributed by atoms with Crippen LogP contribution >= 0.6 is 11.6 Å². The van der Waals surface area contributed by atoms with Crippen molar-refractivity contribution in [2.75, 3.05) is 11.9 Å². The minimum Gasteiger partial charge on any atom is -0.452 e. The van der Waals surface area contributed by atoms with E-state index in [0.29, 0.717) is 12.3 Å². The smallest absolute Gasteiger partial charge is 0.417 e. The van der Waals surface area contributed by atoms with Crippen molar-refractivity contribution in [2.45, 2.75) is 6.18 Å². The molecule has 0 radical (unpaired) electrons. The van der Waals surface area contributed by atoms with Crippen LogP contribution in [0.25, 0.3) is 0 Å². The van der Waals surface area contributed by atoms with Crippen molar-refractivity contribution in [3.63, 3.8) is 0 Å². The summed E-state index contributed by atoms with van der Waals surface area (Å²) in [4.78, 5) is 30.4. The Bertz CT molecular complexity index is 754. The van der Waals surface area contributed by atoms with E-state index in [2.05, 4.69) is 15.3 Å². The van der Waals surface area contributed by atoms with Crippen LogP contribution in [0.2, 0.25) is 5.02 Å². The number of halogens is 4. The van der Waals surface area contributed by atoms with Crippen LogP contribution in [0, 0.1) is 0 Å². The molecule has 2 aromatic rings. The van der Waals surface area contributed by atoms with E-state index in [-0.39, 0.29) is 11.4 Å². The largest absolute Gasteiger partial charge is 0.452 e. The summed E-state index contributed by atoms with van der Waals surface area (Å²) in [5.74, 6) is -1.82. The Kier molecular flexibility index (Phi) is 5.35. The van der Waals surface area contributed by atoms with E-state index >= 15 is 0 Å². The lowest BCUT2D eigenvalue weighted by Crippen LogP contribution is -2.22. The number of carbonyl (C=O) groups is 2. The third-order valence-electron chi connectivity index (χ3n) is 2.68. The van der Waals surface area contributed by atoms with Gasteiger partial charge in [0.25, 0.3) is 5.91 Å². The van der Waals surface area contributed by atoms with Crippen LogP contribution in [0.15, 0.2) is 36.8 Å². The molecule has 0 atom stereocenters. The van der Waals surface area contributed by atoms with E-state index in [4.69, 9.17) is 16.3 Å². The summed E-state index contributed by atoms with van der Waals surface area (Å²) in [7, 11) is 0. The van der Waals surface area contributed by atoms with Gasteiger partial charge in [-0.15, -0.1) is 0 Å². The van der Waals surface area contributed by atoms with Gasteiger partial charge in [-0.2, -0.15) is 13.2 Å². The SMILES string of the molecule is O=C(COC(=O)c1ccncc1)Nc1ncc(C(F)(F)F)cc1Cl. The first-order valence-electron chi connectivity index (χ1n) is 6.37. The van der Waals surface area contributed by atoms with Crippen molar-refractivity contribution in [1.82, 2.24) is 9.97 Å². The highest BCUT2D eigenvalue weighted by Gasteiger charge is 2.31. The first-order chi connectivity index (χ1) is 11.3. The standard InChI is InChI=1S/C14H9ClF3N3O3/c15-10-5-9(14(16,17)18)6-20-12(10)21-11(22)7-24-13(23)8-1-3-19-4-2-8/h1-6H,7H2,(H,20,21,22). The van der Waals surface area contributed by atoms with E-state index in [1.165, 1.54) is 24.5 Å². The Hall–Kier alpha value is -2.68. The molecule has 10 heteroatoms. The first-order valence-corrected chi connectivity index (χ1v) is 6.75. The third kappa shape index (κ3) is 4.66. The molecule has 1 N–H and O–H groups in total. The molecule has 0 bridgehead atoms. The molecule has 2 heterocycles. The molecule has 0 aliphatic heterocycles. The van der Waals surface area contributed by atoms with Gasteiger partial charge < -0.3 is 10.1 Å². The zero-order valence-corrected chi connectivity index (χ0v) is 12.6. The Balaban J connectivity index is 1.94. The number of rotatable bonds is 4. The number of ether oxygens (including phenoxy) is 1. The van der Waals surface area contributed by atoms with Crippen molar-refractivity contribution in [3.05, 3.63) is 52.9 Å². The topological polar surface area (TPSA) is 81.2 Å². The minimum absolute atomic E-state index is 0.198. The number of pyridine rings is 2. The number of nitrogens with zero attached hydrogens (tertiary/aromatic N) is 2. The molecular weight excluding hydrogens is 351 g/mol. The van der Waals surface area contributed by atoms with Gasteiger partial charge in [0.1, 0.15) is 0 Å². The molecule has 6 nitrogen and oxygen atoms in total. The van der Waals surface area contributed by atoms with Crippen LogP contribution in [-0.4, -0.2) is 28.5 Å². The fourth-order valence-electron chi connectivity index (χ4n) is 1.56. The van der Waals surface area contributed by atoms with Crippen molar-refractivity contribution >= 4 is 29.3 Å². The molecule has 126 valence electrons. The number of carbonyl (C=O) groups excluding carboxylic acids is 2. The molecule has 0 unspecified atom stereocenters. The molecule has 0 aromatic carbocycles. The molecule has 1 amide bonds. The second-order valence-corrected chi connectivity index (χ2v) is 4.82. The van der Waals surface area contributed by atoms with Crippen LogP contribution in [0.3, 0.4) is 0 Å². The molecule has 0 aliphatic rings. The second-order valence-electron chi connectivity index (χ2n) is 4.41. The predicted molar refractivity (Wildman–Crippen MR) is 77.4 cm³/mol. The van der Waals surface area contributed by atoms with E-state index in [1.807, 2.05) is 0 Å². The fraction of sp³-hybridized carbons (Fsp3) is 0.143. The third-order valence-corrected chi connectivity index (χ3v) is 2.96. The number of anilines is 1. The Morgan fingerprint density at radius 1 is 1.25 bits per heavy atom. The summed E-state index contributed by atoms with van der Waals surface area (Å²) in [6.07, 6.45) is -1.31. The normalized spacial score (nSPS) is 11.0. The van der Waals surface area contributed by atoms with Gasteiger partial charge in [-0.25, -0.2) is 9.78 Å². The Morgan fingerprint density at radius 2 is 1.92 bits per heavy atom. The summed E-state index contributed by atoms with van der Waals surface area (Å²) >= 11 is 5.65. The molecule has 2 aromatic heterocycles. The summed E-state index contributed by atoms with van der Waals surface area (Å²) < 4.78 is 42.2. The molecule has 0 fully saturated rings. The first kappa shape index (κ1) is 17.7. The molecule has 0 saturated carbocycles. The minimum atomic E-state index is -4.60. The number of alkyl halides is 3. The number of hydrogen-bond donors (Lipinski definition) is 1. The fourth-order valence-corrected chi connectivity index (χ4v) is 1.77. The van der Waals surface area contributed by atoms with Gasteiger partial charge >= 0.3 is 12.1 Å². The molecule has 0 spiro atoms. The van der Waals surface area contributed by atoms with Crippen molar-refractivity contribution in [3.8, 4) is 0 Å². The maximum absolute atomic E-state index is 12.5. The van der Waals surface area contributed by atoms with Gasteiger partial charge in [0.05, 0.1) is 16.1 Å². The zero-order valence-electron chi connectivity index (χ0n) is 11.8. The van der Waals surface area contributed by atoms with Gasteiger partial charge in [-0.05, 0) is 18.2 Å². The predicted octanol–water partition coefficient (Wildman–Crippen LogP) is 2.94. The van der Waals surface area contributed by atoms with Gasteiger partial charge in [0, 0.05) is 18.6 Å². The molecule has 2 rings (SSSR count). The van der Waals surface area contributed by atoms with Crippen LogP contribution in [-0.2, 0) is 15.7 Å². The summed E-state index contributed by atoms with van der Waals surface area (Å²) in [6, 6.07) is 3.43. The van der Waals surface area contributed by atoms with Gasteiger partial charge in [-0.3, -0.25) is 9.78 Å². The van der Waals surface area contributed by atoms with E-state index in [0.717, 1.165) is 0 Å². The molecule has 24 heavy (non-hydrogen) atoms. The number of nitrogens with one attached hydrogen (secondary N) is 1. The summed E-state index contributed by atoms with van der Waals surface area (Å²) in [6.45, 7) is -0.653. The van der Waals surface area contributed by atoms with Crippen molar-refractivity contribution in [1.29, 1.82) is 0 Å². The number of hydrogen-bond acceptors (Lipinski definition) is 5. The average Bonchev–Trinajstić information content (AvgIpc) is 2.54. The monoisotopic (exact) mass is 359 g/mol. The van der Waals surface area contributed by atoms with Gasteiger partial charge in [-0.1, -0.05) is 11.6 Å². The van der Waals surface area contributed by atoms with E-state index in [9.17, 15) is 22.8 Å². The zero-order chi connectivity index (χ0) is 17.7. The van der Waals surface area contributed by atoms with Gasteiger partial charge in [0.15, 0.2) is 12.4 Å². The van der Waals surface area contributed by atoms with E-state index < -0.39 is 35.2 Å². The number of aromatic nitrogens is 2. The van der Waals surface area contributed by atoms with Crippen LogP contribution in [0.4, 0.5) is 19.0 Å². The molecule has 0 saturated heterocycles. The van der Waals surface area contributed by atoms with E-state index in [1.54, 1.807) is 0 Å². The van der Waals surface area contributed by atoms with Crippen LogP contribution in [0.5, 0.6) is 0 Å². The second kappa shape index (κ2) is 7.26. The average molecular weight is 360 g/mol. The number of amides is 1. The highest BCUT2D eigenvalue weighted by molar-refractivity contribution is 6.33. The Morgan fingerprint density at radius 3 is 2.50 bits per heavy atom. The maximum atomic E-state index is 12.5. The number of esters is 1. The summed E-state index contributed by atoms with van der Waals surface area (Å²) in [5.41, 5.74) is -0.849. The highest BCUT2D eigenvalue weighted by Crippen LogP contribution is 2.32. The van der Waals surface area contributed by atoms with Crippen molar-refractivity contribution in [2.24, 2.45) is 0 Å². The van der Waals surface area contributed by atoms with Crippen LogP contribution in [0.1, 0.15) is 15.9 Å². The maximum Gasteiger partial charge on any atom is 0.417 e. The quantitative estimate of drug-likeness (QED) is 0.849. The van der Waals surface area contributed by atoms with Gasteiger partial charge in [0.2, 0.25) is 0 Å². The lowest BCUT2D eigenvalue weighted by molar-refractivity contribution is -0.137. The summed E-state index contributed by atoms with van der Waals surface area (Å²) in [5, 5.41) is 1.77. The van der Waals surface area contributed by atoms with Crippen LogP contribution < -0.4 is 5.32 Å². The molecule has 0 aliphatic carbocycles. The molecular formula is C14H9ClF3N3O3. The highest BCUT2D eigenvalue weighted by atomic mass is 35.5. The van der Waals surface area contributed by atoms with Crippen molar-refractivity contribution < 1.29 is 27.5 Å². The lowest BCUT2D eigenvalue weighted by Gasteiger charge is -2.10.